The molecule has 1 N–H and O–H groups in total. The van der Waals surface area contributed by atoms with Gasteiger partial charge in [-0.25, -0.2) is 0 Å². The van der Waals surface area contributed by atoms with Gasteiger partial charge in [-0.3, -0.25) is 4.79 Å². The van der Waals surface area contributed by atoms with Gasteiger partial charge in [-0.1, -0.05) is 40.9 Å². The molecule has 0 atom stereocenters. The number of ether oxygens (including phenoxy) is 1. The van der Waals surface area contributed by atoms with Gasteiger partial charge < -0.3 is 10.1 Å². The highest BCUT2D eigenvalue weighted by molar-refractivity contribution is 6.42. The first kappa shape index (κ1) is 19.1. The Bertz CT molecular complexity index is 873. The lowest BCUT2D eigenvalue weighted by molar-refractivity contribution is -0.112. The minimum atomic E-state index is -0.564. The first-order valence-electron chi connectivity index (χ1n) is 7.25. The molecule has 128 valence electrons. The molecule has 2 rings (SSSR count). The second kappa shape index (κ2) is 8.77. The molecule has 0 unspecified atom stereocenters. The Labute approximate surface area is 160 Å². The zero-order valence-corrected chi connectivity index (χ0v) is 15.4. The number of benzene rings is 2. The van der Waals surface area contributed by atoms with E-state index < -0.39 is 5.91 Å². The molecule has 0 heterocycles. The number of carbonyl (C=O) groups excluding carboxylic acids is 1. The quantitative estimate of drug-likeness (QED) is 0.530. The number of nitriles is 1. The van der Waals surface area contributed by atoms with Crippen LogP contribution < -0.4 is 10.1 Å². The minimum absolute atomic E-state index is 0.0775. The Morgan fingerprint density at radius 2 is 1.92 bits per heavy atom. The fourth-order valence-corrected chi connectivity index (χ4v) is 2.51. The predicted molar refractivity (Wildman–Crippen MR) is 101 cm³/mol. The molecule has 4 nitrogen and oxygen atoms in total. The number of nitrogens with zero attached hydrogens (tertiary/aromatic N) is 1. The van der Waals surface area contributed by atoms with Crippen LogP contribution in [0.4, 0.5) is 5.69 Å². The number of amides is 1. The van der Waals surface area contributed by atoms with Gasteiger partial charge >= 0.3 is 0 Å². The highest BCUT2D eigenvalue weighted by Crippen LogP contribution is 2.27. The number of nitrogens with one attached hydrogen (secondary N) is 1. The monoisotopic (exact) mass is 394 g/mol. The number of rotatable bonds is 5. The topological polar surface area (TPSA) is 62.1 Å². The van der Waals surface area contributed by atoms with Crippen molar-refractivity contribution >= 4 is 52.5 Å². The molecule has 0 aliphatic carbocycles. The van der Waals surface area contributed by atoms with E-state index in [0.29, 0.717) is 38.7 Å². The van der Waals surface area contributed by atoms with Crippen LogP contribution in [0, 0.1) is 11.3 Å². The van der Waals surface area contributed by atoms with Crippen LogP contribution >= 0.6 is 34.8 Å². The molecule has 0 saturated carbocycles. The van der Waals surface area contributed by atoms with E-state index in [-0.39, 0.29) is 5.57 Å². The zero-order chi connectivity index (χ0) is 18.4. The van der Waals surface area contributed by atoms with Crippen LogP contribution in [-0.2, 0) is 4.79 Å². The second-order valence-electron chi connectivity index (χ2n) is 4.88. The van der Waals surface area contributed by atoms with Crippen molar-refractivity contribution in [3.63, 3.8) is 0 Å². The Kier molecular flexibility index (Phi) is 6.72. The summed E-state index contributed by atoms with van der Waals surface area (Å²) >= 11 is 17.9. The molecule has 0 spiro atoms. The van der Waals surface area contributed by atoms with E-state index >= 15 is 0 Å². The molecule has 1 amide bonds. The summed E-state index contributed by atoms with van der Waals surface area (Å²) in [6.45, 7) is 2.34. The van der Waals surface area contributed by atoms with Gasteiger partial charge in [-0.05, 0) is 48.9 Å². The maximum absolute atomic E-state index is 12.3. The van der Waals surface area contributed by atoms with Gasteiger partial charge in [0.1, 0.15) is 17.4 Å². The van der Waals surface area contributed by atoms with E-state index in [9.17, 15) is 10.1 Å². The zero-order valence-electron chi connectivity index (χ0n) is 13.1. The van der Waals surface area contributed by atoms with E-state index in [2.05, 4.69) is 5.32 Å². The molecule has 25 heavy (non-hydrogen) atoms. The fraction of sp³-hybridized carbons (Fsp3) is 0.111. The number of anilines is 1. The van der Waals surface area contributed by atoms with Crippen molar-refractivity contribution in [1.29, 1.82) is 5.26 Å². The summed E-state index contributed by atoms with van der Waals surface area (Å²) in [7, 11) is 0. The minimum Gasteiger partial charge on any atom is -0.492 e. The number of hydrogen-bond acceptors (Lipinski definition) is 3. The van der Waals surface area contributed by atoms with E-state index in [1.165, 1.54) is 12.1 Å². The van der Waals surface area contributed by atoms with Crippen molar-refractivity contribution in [1.82, 2.24) is 0 Å². The third-order valence-electron chi connectivity index (χ3n) is 3.11. The summed E-state index contributed by atoms with van der Waals surface area (Å²) in [4.78, 5) is 12.3. The van der Waals surface area contributed by atoms with Crippen LogP contribution in [0.15, 0.2) is 42.0 Å². The van der Waals surface area contributed by atoms with Crippen molar-refractivity contribution in [3.05, 3.63) is 62.6 Å². The molecule has 0 bridgehead atoms. The van der Waals surface area contributed by atoms with Crippen molar-refractivity contribution < 1.29 is 9.53 Å². The predicted octanol–water partition coefficient (Wildman–Crippen LogP) is 5.59. The van der Waals surface area contributed by atoms with Gasteiger partial charge in [0.2, 0.25) is 0 Å². The second-order valence-corrected chi connectivity index (χ2v) is 6.10. The third kappa shape index (κ3) is 5.14. The highest BCUT2D eigenvalue weighted by Gasteiger charge is 2.11. The lowest BCUT2D eigenvalue weighted by Gasteiger charge is -2.07. The summed E-state index contributed by atoms with van der Waals surface area (Å²) in [5, 5.41) is 12.9. The van der Waals surface area contributed by atoms with Crippen LogP contribution in [-0.4, -0.2) is 12.5 Å². The smallest absolute Gasteiger partial charge is 0.266 e. The molecule has 0 aliphatic heterocycles. The number of hydrogen-bond donors (Lipinski definition) is 1. The molecule has 2 aromatic carbocycles. The average Bonchev–Trinajstić information content (AvgIpc) is 2.58. The Morgan fingerprint density at radius 3 is 2.52 bits per heavy atom. The molecule has 0 fully saturated rings. The van der Waals surface area contributed by atoms with Gasteiger partial charge in [-0.15, -0.1) is 0 Å². The third-order valence-corrected chi connectivity index (χ3v) is 4.14. The first-order valence-corrected chi connectivity index (χ1v) is 8.38. The maximum atomic E-state index is 12.3. The number of carbonyl (C=O) groups is 1. The van der Waals surface area contributed by atoms with Crippen molar-refractivity contribution in [3.8, 4) is 11.8 Å². The molecular formula is C18H13Cl3N2O2. The normalized spacial score (nSPS) is 10.9. The molecule has 2 aromatic rings. The highest BCUT2D eigenvalue weighted by atomic mass is 35.5. The average molecular weight is 396 g/mol. The lowest BCUT2D eigenvalue weighted by atomic mass is 10.1. The van der Waals surface area contributed by atoms with Gasteiger partial charge in [-0.2, -0.15) is 5.26 Å². The van der Waals surface area contributed by atoms with Crippen molar-refractivity contribution in [2.45, 2.75) is 6.92 Å². The summed E-state index contributed by atoms with van der Waals surface area (Å²) in [6, 6.07) is 11.5. The molecule has 0 aromatic heterocycles. The van der Waals surface area contributed by atoms with Gasteiger partial charge in [0.25, 0.3) is 5.91 Å². The van der Waals surface area contributed by atoms with Crippen molar-refractivity contribution in [2.24, 2.45) is 0 Å². The largest absolute Gasteiger partial charge is 0.492 e. The standard InChI is InChI=1S/C18H13Cl3N2O2/c1-2-25-17-6-3-11(8-16(17)21)7-12(10-22)18(24)23-13-4-5-14(19)15(20)9-13/h3-9H,2H2,1H3,(H,23,24)/b12-7-. The van der Waals surface area contributed by atoms with Crippen molar-refractivity contribution in [2.75, 3.05) is 11.9 Å². The molecule has 0 aliphatic rings. The van der Waals surface area contributed by atoms with Crippen LogP contribution in [0.3, 0.4) is 0 Å². The first-order chi connectivity index (χ1) is 11.9. The van der Waals surface area contributed by atoms with Gasteiger partial charge in [0, 0.05) is 5.69 Å². The Hall–Kier alpha value is -2.19. The molecular weight excluding hydrogens is 383 g/mol. The maximum Gasteiger partial charge on any atom is 0.266 e. The lowest BCUT2D eigenvalue weighted by Crippen LogP contribution is -2.13. The summed E-state index contributed by atoms with van der Waals surface area (Å²) < 4.78 is 5.35. The fourth-order valence-electron chi connectivity index (χ4n) is 1.97. The summed E-state index contributed by atoms with van der Waals surface area (Å²) in [6.07, 6.45) is 1.44. The Morgan fingerprint density at radius 1 is 1.16 bits per heavy atom. The van der Waals surface area contributed by atoms with Crippen LogP contribution in [0.1, 0.15) is 12.5 Å². The molecule has 0 radical (unpaired) electrons. The molecule has 7 heteroatoms. The Balaban J connectivity index is 2.21. The SMILES string of the molecule is CCOc1ccc(/C=C(/C#N)C(=O)Nc2ccc(Cl)c(Cl)c2)cc1Cl. The van der Waals surface area contributed by atoms with Gasteiger partial charge in [0.05, 0.1) is 21.7 Å². The van der Waals surface area contributed by atoms with E-state index in [1.54, 1.807) is 30.3 Å². The van der Waals surface area contributed by atoms with E-state index in [4.69, 9.17) is 39.5 Å². The van der Waals surface area contributed by atoms with Crippen LogP contribution in [0.25, 0.3) is 6.08 Å². The van der Waals surface area contributed by atoms with E-state index in [0.717, 1.165) is 0 Å². The summed E-state index contributed by atoms with van der Waals surface area (Å²) in [5.74, 6) is -0.0222. The van der Waals surface area contributed by atoms with Crippen LogP contribution in [0.2, 0.25) is 15.1 Å². The van der Waals surface area contributed by atoms with E-state index in [1.807, 2.05) is 13.0 Å². The molecule has 0 saturated heterocycles. The number of halogens is 3. The van der Waals surface area contributed by atoms with Crippen LogP contribution in [0.5, 0.6) is 5.75 Å². The summed E-state index contributed by atoms with van der Waals surface area (Å²) in [5.41, 5.74) is 0.964. The van der Waals surface area contributed by atoms with Gasteiger partial charge in [0.15, 0.2) is 0 Å².